The molecule has 1 unspecified atom stereocenters. The number of rotatable bonds is 9. The van der Waals surface area contributed by atoms with Crippen LogP contribution in [0.1, 0.15) is 62.1 Å². The molecule has 6 nitrogen and oxygen atoms in total. The van der Waals surface area contributed by atoms with Crippen LogP contribution in [0.2, 0.25) is 10.0 Å². The van der Waals surface area contributed by atoms with Gasteiger partial charge in [0, 0.05) is 28.3 Å². The van der Waals surface area contributed by atoms with Gasteiger partial charge in [-0.1, -0.05) is 54.4 Å². The van der Waals surface area contributed by atoms with E-state index in [1.54, 1.807) is 23.1 Å². The van der Waals surface area contributed by atoms with Crippen LogP contribution in [-0.4, -0.2) is 48.4 Å². The maximum Gasteiger partial charge on any atom is 0.304 e. The Labute approximate surface area is 222 Å². The first-order valence-corrected chi connectivity index (χ1v) is 15.0. The Kier molecular flexibility index (Phi) is 7.75. The fourth-order valence-electron chi connectivity index (χ4n) is 5.75. The van der Waals surface area contributed by atoms with Gasteiger partial charge in [-0.2, -0.15) is 0 Å². The SMILES string of the molecule is CC[C@]1(CC(=O)O)CC(c2cccc(Cl)c2)[C@@H](c2ccc(Cl)cc2)N([C@H](CS(C)(=O)=O)C2CC2)C1=O. The van der Waals surface area contributed by atoms with Crippen molar-refractivity contribution >= 4 is 44.9 Å². The average Bonchev–Trinajstić information content (AvgIpc) is 3.64. The van der Waals surface area contributed by atoms with Gasteiger partial charge in [0.25, 0.3) is 0 Å². The van der Waals surface area contributed by atoms with Gasteiger partial charge in [-0.15, -0.1) is 0 Å². The number of benzene rings is 2. The molecule has 2 aliphatic rings. The van der Waals surface area contributed by atoms with Crippen molar-refractivity contribution in [2.75, 3.05) is 12.0 Å². The van der Waals surface area contributed by atoms with Crippen molar-refractivity contribution in [2.45, 2.75) is 57.0 Å². The third-order valence-electron chi connectivity index (χ3n) is 7.63. The van der Waals surface area contributed by atoms with Crippen LogP contribution in [0.3, 0.4) is 0 Å². The highest BCUT2D eigenvalue weighted by Crippen LogP contribution is 2.55. The number of halogens is 2. The number of amides is 1. The molecule has 9 heteroatoms. The summed E-state index contributed by atoms with van der Waals surface area (Å²) in [6, 6.07) is 13.6. The molecule has 1 aliphatic heterocycles. The van der Waals surface area contributed by atoms with E-state index in [-0.39, 0.29) is 29.9 Å². The van der Waals surface area contributed by atoms with Crippen molar-refractivity contribution in [3.8, 4) is 0 Å². The number of aliphatic carboxylic acids is 1. The van der Waals surface area contributed by atoms with Crippen molar-refractivity contribution in [3.63, 3.8) is 0 Å². The molecule has 1 saturated heterocycles. The van der Waals surface area contributed by atoms with Gasteiger partial charge in [0.15, 0.2) is 0 Å². The standard InChI is InChI=1S/C27H31Cl2NO5S/c1-3-27(15-24(31)32)14-22(19-5-4-6-21(29)13-19)25(18-9-11-20(28)12-10-18)30(26(27)33)23(17-7-8-17)16-36(2,34)35/h4-6,9-13,17,22-23,25H,3,7-8,14-16H2,1-2H3,(H,31,32)/t22?,23-,25-,27-/m1/s1. The molecule has 1 aliphatic carbocycles. The van der Waals surface area contributed by atoms with Crippen LogP contribution in [0.25, 0.3) is 0 Å². The van der Waals surface area contributed by atoms with Crippen LogP contribution >= 0.6 is 23.2 Å². The minimum absolute atomic E-state index is 0.0518. The number of nitrogens with zero attached hydrogens (tertiary/aromatic N) is 1. The van der Waals surface area contributed by atoms with Crippen molar-refractivity contribution in [3.05, 3.63) is 69.7 Å². The Bertz CT molecular complexity index is 1250. The van der Waals surface area contributed by atoms with E-state index < -0.39 is 33.3 Å². The second-order valence-electron chi connectivity index (χ2n) is 10.3. The Morgan fingerprint density at radius 1 is 1.11 bits per heavy atom. The first-order chi connectivity index (χ1) is 16.9. The van der Waals surface area contributed by atoms with E-state index in [0.717, 1.165) is 24.0 Å². The maximum atomic E-state index is 14.4. The van der Waals surface area contributed by atoms with Crippen LogP contribution in [-0.2, 0) is 19.4 Å². The summed E-state index contributed by atoms with van der Waals surface area (Å²) in [5.74, 6) is -1.74. The number of hydrogen-bond acceptors (Lipinski definition) is 4. The number of sulfone groups is 1. The highest BCUT2D eigenvalue weighted by atomic mass is 35.5. The van der Waals surface area contributed by atoms with E-state index in [0.29, 0.717) is 22.9 Å². The molecule has 1 N–H and O–H groups in total. The van der Waals surface area contributed by atoms with Crippen LogP contribution in [0.5, 0.6) is 0 Å². The zero-order valence-corrected chi connectivity index (χ0v) is 22.7. The highest BCUT2D eigenvalue weighted by Gasteiger charge is 2.56. The first kappa shape index (κ1) is 27.0. The molecule has 194 valence electrons. The predicted molar refractivity (Wildman–Crippen MR) is 141 cm³/mol. The minimum Gasteiger partial charge on any atom is -0.481 e. The van der Waals surface area contributed by atoms with Gasteiger partial charge in [-0.3, -0.25) is 9.59 Å². The topological polar surface area (TPSA) is 91.8 Å². The Morgan fingerprint density at radius 2 is 1.78 bits per heavy atom. The van der Waals surface area contributed by atoms with Crippen LogP contribution in [0, 0.1) is 11.3 Å². The van der Waals surface area contributed by atoms with Gasteiger partial charge in [-0.25, -0.2) is 8.42 Å². The Hall–Kier alpha value is -2.09. The van der Waals surface area contributed by atoms with Crippen LogP contribution < -0.4 is 0 Å². The van der Waals surface area contributed by atoms with E-state index in [1.165, 1.54) is 6.26 Å². The molecule has 0 bridgehead atoms. The smallest absolute Gasteiger partial charge is 0.304 e. The summed E-state index contributed by atoms with van der Waals surface area (Å²) in [7, 11) is -3.42. The quantitative estimate of drug-likeness (QED) is 0.428. The molecule has 0 spiro atoms. The van der Waals surface area contributed by atoms with Gasteiger partial charge < -0.3 is 10.0 Å². The van der Waals surface area contributed by atoms with Crippen molar-refractivity contribution in [1.82, 2.24) is 4.90 Å². The lowest BCUT2D eigenvalue weighted by Crippen LogP contribution is -2.58. The highest BCUT2D eigenvalue weighted by molar-refractivity contribution is 7.90. The zero-order chi connectivity index (χ0) is 26.3. The second-order valence-corrected chi connectivity index (χ2v) is 13.3. The summed E-state index contributed by atoms with van der Waals surface area (Å²) in [6.45, 7) is 1.83. The molecule has 4 atom stereocenters. The lowest BCUT2D eigenvalue weighted by atomic mass is 9.65. The maximum absolute atomic E-state index is 14.4. The summed E-state index contributed by atoms with van der Waals surface area (Å²) < 4.78 is 25.1. The van der Waals surface area contributed by atoms with Gasteiger partial charge in [-0.05, 0) is 67.0 Å². The van der Waals surface area contributed by atoms with Crippen molar-refractivity contribution in [2.24, 2.45) is 11.3 Å². The number of carboxylic acid groups (broad SMARTS) is 1. The van der Waals surface area contributed by atoms with Crippen LogP contribution in [0.15, 0.2) is 48.5 Å². The van der Waals surface area contributed by atoms with Gasteiger partial charge in [0.2, 0.25) is 5.91 Å². The monoisotopic (exact) mass is 551 g/mol. The Morgan fingerprint density at radius 3 is 2.31 bits per heavy atom. The number of carbonyl (C=O) groups is 2. The summed E-state index contributed by atoms with van der Waals surface area (Å²) in [4.78, 5) is 28.1. The molecule has 0 radical (unpaired) electrons. The van der Waals surface area contributed by atoms with Gasteiger partial charge >= 0.3 is 5.97 Å². The fourth-order valence-corrected chi connectivity index (χ4v) is 7.13. The third-order valence-corrected chi connectivity index (χ3v) is 9.07. The summed E-state index contributed by atoms with van der Waals surface area (Å²) in [5.41, 5.74) is 0.556. The molecule has 1 heterocycles. The van der Waals surface area contributed by atoms with E-state index in [9.17, 15) is 23.1 Å². The van der Waals surface area contributed by atoms with E-state index in [4.69, 9.17) is 23.2 Å². The first-order valence-electron chi connectivity index (χ1n) is 12.2. The number of carbonyl (C=O) groups excluding carboxylic acids is 1. The number of piperidine rings is 1. The molecule has 36 heavy (non-hydrogen) atoms. The molecule has 2 aromatic rings. The molecule has 2 fully saturated rings. The number of carboxylic acids is 1. The van der Waals surface area contributed by atoms with Gasteiger partial charge in [0.1, 0.15) is 9.84 Å². The van der Waals surface area contributed by atoms with Crippen LogP contribution in [0.4, 0.5) is 0 Å². The molecule has 4 rings (SSSR count). The third kappa shape index (κ3) is 5.74. The van der Waals surface area contributed by atoms with Crippen molar-refractivity contribution < 1.29 is 23.1 Å². The average molecular weight is 553 g/mol. The van der Waals surface area contributed by atoms with Crippen molar-refractivity contribution in [1.29, 1.82) is 0 Å². The molecule has 2 aromatic carbocycles. The number of hydrogen-bond donors (Lipinski definition) is 1. The molecule has 0 aromatic heterocycles. The Balaban J connectivity index is 1.96. The summed E-state index contributed by atoms with van der Waals surface area (Å²) in [6.07, 6.45) is 3.17. The summed E-state index contributed by atoms with van der Waals surface area (Å²) in [5, 5.41) is 10.9. The lowest BCUT2D eigenvalue weighted by molar-refractivity contribution is -0.162. The number of likely N-dealkylation sites (tertiary alicyclic amines) is 1. The fraction of sp³-hybridized carbons (Fsp3) is 0.481. The minimum atomic E-state index is -3.42. The predicted octanol–water partition coefficient (Wildman–Crippen LogP) is 5.74. The zero-order valence-electron chi connectivity index (χ0n) is 20.4. The van der Waals surface area contributed by atoms with E-state index in [2.05, 4.69) is 0 Å². The normalized spacial score (nSPS) is 25.6. The summed E-state index contributed by atoms with van der Waals surface area (Å²) >= 11 is 12.6. The lowest BCUT2D eigenvalue weighted by Gasteiger charge is -2.53. The largest absolute Gasteiger partial charge is 0.481 e. The van der Waals surface area contributed by atoms with Gasteiger partial charge in [0.05, 0.1) is 23.6 Å². The molecule has 1 amide bonds. The molecular formula is C27H31Cl2NO5S. The molecular weight excluding hydrogens is 521 g/mol. The molecule has 1 saturated carbocycles. The van der Waals surface area contributed by atoms with E-state index in [1.807, 2.05) is 37.3 Å². The van der Waals surface area contributed by atoms with E-state index >= 15 is 0 Å². The second kappa shape index (κ2) is 10.3.